The molecular formula is C12H21N3O5. The Morgan fingerprint density at radius 1 is 1.10 bits per heavy atom. The lowest BCUT2D eigenvalue weighted by Gasteiger charge is -2.25. The average Bonchev–Trinajstić information content (AvgIpc) is 2.60. The van der Waals surface area contributed by atoms with E-state index in [1.807, 2.05) is 0 Å². The van der Waals surface area contributed by atoms with Gasteiger partial charge in [0.05, 0.1) is 6.10 Å². The van der Waals surface area contributed by atoms with Gasteiger partial charge in [-0.3, -0.25) is 4.79 Å². The Labute approximate surface area is 117 Å². The fourth-order valence-electron chi connectivity index (χ4n) is 2.05. The predicted octanol–water partition coefficient (Wildman–Crippen LogP) is -0.916. The number of carbonyl (C=O) groups excluding carboxylic acids is 2. The van der Waals surface area contributed by atoms with Crippen LogP contribution in [0, 0.1) is 0 Å². The Morgan fingerprint density at radius 2 is 1.65 bits per heavy atom. The quantitative estimate of drug-likeness (QED) is 0.622. The first-order valence-electron chi connectivity index (χ1n) is 6.54. The normalized spacial score (nSPS) is 18.9. The van der Waals surface area contributed by atoms with E-state index in [1.54, 1.807) is 4.90 Å². The van der Waals surface area contributed by atoms with Gasteiger partial charge in [0.25, 0.3) is 0 Å². The average molecular weight is 287 g/mol. The largest absolute Gasteiger partial charge is 0.480 e. The van der Waals surface area contributed by atoms with Crippen molar-refractivity contribution in [3.05, 3.63) is 0 Å². The van der Waals surface area contributed by atoms with Gasteiger partial charge in [0.2, 0.25) is 5.91 Å². The van der Waals surface area contributed by atoms with Gasteiger partial charge in [-0.2, -0.15) is 0 Å². The number of amides is 3. The number of nitrogens with one attached hydrogen (secondary N) is 1. The smallest absolute Gasteiger partial charge is 0.328 e. The minimum absolute atomic E-state index is 0.0420. The van der Waals surface area contributed by atoms with E-state index in [0.29, 0.717) is 32.6 Å². The fraction of sp³-hybridized carbons (Fsp3) is 0.750. The van der Waals surface area contributed by atoms with Crippen LogP contribution in [0.5, 0.6) is 0 Å². The summed E-state index contributed by atoms with van der Waals surface area (Å²) in [7, 11) is 0. The molecule has 1 aliphatic heterocycles. The molecule has 2 unspecified atom stereocenters. The molecule has 1 fully saturated rings. The molecule has 8 nitrogen and oxygen atoms in total. The summed E-state index contributed by atoms with van der Waals surface area (Å²) in [5.74, 6) is -1.33. The molecule has 0 spiro atoms. The minimum Gasteiger partial charge on any atom is -0.480 e. The predicted molar refractivity (Wildman–Crippen MR) is 70.1 cm³/mol. The molecule has 0 radical (unpaired) electrons. The van der Waals surface area contributed by atoms with Gasteiger partial charge in [0, 0.05) is 33.1 Å². The van der Waals surface area contributed by atoms with Crippen LogP contribution < -0.4 is 5.32 Å². The highest BCUT2D eigenvalue weighted by molar-refractivity contribution is 5.83. The zero-order chi connectivity index (χ0) is 15.3. The summed E-state index contributed by atoms with van der Waals surface area (Å²) >= 11 is 0. The highest BCUT2D eigenvalue weighted by Crippen LogP contribution is 2.05. The first-order valence-corrected chi connectivity index (χ1v) is 6.54. The van der Waals surface area contributed by atoms with Gasteiger partial charge in [0.1, 0.15) is 0 Å². The first-order chi connectivity index (χ1) is 9.32. The highest BCUT2D eigenvalue weighted by Gasteiger charge is 2.28. The topological polar surface area (TPSA) is 110 Å². The molecule has 1 saturated heterocycles. The van der Waals surface area contributed by atoms with E-state index < -0.39 is 24.1 Å². The van der Waals surface area contributed by atoms with Crippen molar-refractivity contribution < 1.29 is 24.6 Å². The van der Waals surface area contributed by atoms with E-state index >= 15 is 0 Å². The Kier molecular flexibility index (Phi) is 5.75. The summed E-state index contributed by atoms with van der Waals surface area (Å²) in [6, 6.07) is -1.88. The number of hydrogen-bond donors (Lipinski definition) is 3. The molecule has 20 heavy (non-hydrogen) atoms. The third-order valence-electron chi connectivity index (χ3n) is 3.26. The number of aliphatic hydroxyl groups is 1. The van der Waals surface area contributed by atoms with Crippen LogP contribution in [0.15, 0.2) is 0 Å². The van der Waals surface area contributed by atoms with E-state index in [-0.39, 0.29) is 5.91 Å². The maximum atomic E-state index is 12.0. The molecule has 3 amide bonds. The summed E-state index contributed by atoms with van der Waals surface area (Å²) in [5, 5.41) is 20.5. The number of carboxylic acid groups (broad SMARTS) is 1. The molecule has 1 rings (SSSR count). The van der Waals surface area contributed by atoms with Gasteiger partial charge in [-0.25, -0.2) is 9.59 Å². The number of nitrogens with zero attached hydrogens (tertiary/aromatic N) is 2. The van der Waals surface area contributed by atoms with Crippen molar-refractivity contribution in [1.82, 2.24) is 15.1 Å². The number of hydrogen-bond acceptors (Lipinski definition) is 4. The van der Waals surface area contributed by atoms with E-state index in [9.17, 15) is 19.5 Å². The first kappa shape index (κ1) is 16.2. The van der Waals surface area contributed by atoms with Gasteiger partial charge < -0.3 is 25.3 Å². The van der Waals surface area contributed by atoms with Gasteiger partial charge in [-0.1, -0.05) is 0 Å². The summed E-state index contributed by atoms with van der Waals surface area (Å²) in [5.41, 5.74) is 0. The van der Waals surface area contributed by atoms with Crippen molar-refractivity contribution in [2.45, 2.75) is 32.4 Å². The van der Waals surface area contributed by atoms with E-state index in [2.05, 4.69) is 5.32 Å². The molecule has 3 N–H and O–H groups in total. The molecule has 0 bridgehead atoms. The zero-order valence-electron chi connectivity index (χ0n) is 11.7. The van der Waals surface area contributed by atoms with Crippen LogP contribution in [0.2, 0.25) is 0 Å². The van der Waals surface area contributed by atoms with E-state index in [1.165, 1.54) is 18.7 Å². The van der Waals surface area contributed by atoms with Crippen molar-refractivity contribution >= 4 is 17.9 Å². The van der Waals surface area contributed by atoms with Crippen molar-refractivity contribution in [2.24, 2.45) is 0 Å². The Balaban J connectivity index is 2.59. The fourth-order valence-corrected chi connectivity index (χ4v) is 2.05. The second kappa shape index (κ2) is 7.09. The van der Waals surface area contributed by atoms with Crippen molar-refractivity contribution in [2.75, 3.05) is 26.2 Å². The van der Waals surface area contributed by atoms with Gasteiger partial charge in [0.15, 0.2) is 6.04 Å². The van der Waals surface area contributed by atoms with Crippen LogP contribution in [0.3, 0.4) is 0 Å². The van der Waals surface area contributed by atoms with Crippen molar-refractivity contribution in [3.8, 4) is 0 Å². The maximum Gasteiger partial charge on any atom is 0.328 e. The number of carboxylic acids is 1. The Bertz CT molecular complexity index is 385. The molecule has 1 heterocycles. The highest BCUT2D eigenvalue weighted by atomic mass is 16.4. The van der Waals surface area contributed by atoms with Gasteiger partial charge >= 0.3 is 12.0 Å². The molecule has 0 saturated carbocycles. The summed E-state index contributed by atoms with van der Waals surface area (Å²) in [4.78, 5) is 37.3. The van der Waals surface area contributed by atoms with Crippen LogP contribution in [-0.4, -0.2) is 76.2 Å². The number of urea groups is 1. The lowest BCUT2D eigenvalue weighted by atomic mass is 10.2. The zero-order valence-corrected chi connectivity index (χ0v) is 11.7. The Hall–Kier alpha value is -1.83. The van der Waals surface area contributed by atoms with E-state index in [0.717, 1.165) is 0 Å². The summed E-state index contributed by atoms with van der Waals surface area (Å²) in [6.07, 6.45) is -0.545. The monoisotopic (exact) mass is 287 g/mol. The second-order valence-corrected chi connectivity index (χ2v) is 4.85. The molecule has 8 heteroatoms. The molecule has 2 atom stereocenters. The Morgan fingerprint density at radius 3 is 2.15 bits per heavy atom. The van der Waals surface area contributed by atoms with Crippen LogP contribution >= 0.6 is 0 Å². The number of rotatable bonds is 3. The van der Waals surface area contributed by atoms with Crippen molar-refractivity contribution in [1.29, 1.82) is 0 Å². The second-order valence-electron chi connectivity index (χ2n) is 4.85. The SMILES string of the molecule is CC(=O)N1CCCN(C(=O)NC(C(=O)O)C(C)O)CC1. The van der Waals surface area contributed by atoms with Gasteiger partial charge in [-0.05, 0) is 13.3 Å². The van der Waals surface area contributed by atoms with Crippen LogP contribution in [0.1, 0.15) is 20.3 Å². The summed E-state index contributed by atoms with van der Waals surface area (Å²) < 4.78 is 0. The molecule has 1 aliphatic rings. The lowest BCUT2D eigenvalue weighted by Crippen LogP contribution is -2.53. The molecule has 0 aromatic rings. The number of carbonyl (C=O) groups is 3. The standard InChI is InChI=1S/C12H21N3O5/c1-8(16)10(11(18)19)13-12(20)15-5-3-4-14(6-7-15)9(2)17/h8,10,16H,3-7H2,1-2H3,(H,13,20)(H,18,19). The molecule has 0 aromatic heterocycles. The molecule has 0 aromatic carbocycles. The van der Waals surface area contributed by atoms with Crippen LogP contribution in [0.25, 0.3) is 0 Å². The lowest BCUT2D eigenvalue weighted by molar-refractivity contribution is -0.141. The molecular weight excluding hydrogens is 266 g/mol. The van der Waals surface area contributed by atoms with Crippen molar-refractivity contribution in [3.63, 3.8) is 0 Å². The van der Waals surface area contributed by atoms with E-state index in [4.69, 9.17) is 5.11 Å². The van der Waals surface area contributed by atoms with Crippen LogP contribution in [-0.2, 0) is 9.59 Å². The number of aliphatic hydroxyl groups excluding tert-OH is 1. The molecule has 114 valence electrons. The summed E-state index contributed by atoms with van der Waals surface area (Å²) in [6.45, 7) is 4.58. The molecule has 0 aliphatic carbocycles. The number of aliphatic carboxylic acids is 1. The third-order valence-corrected chi connectivity index (χ3v) is 3.26. The third kappa shape index (κ3) is 4.37. The van der Waals surface area contributed by atoms with Crippen LogP contribution in [0.4, 0.5) is 4.79 Å². The van der Waals surface area contributed by atoms with Gasteiger partial charge in [-0.15, -0.1) is 0 Å². The minimum atomic E-state index is -1.34. The maximum absolute atomic E-state index is 12.0.